The third-order valence-corrected chi connectivity index (χ3v) is 3.91. The number of benzene rings is 1. The lowest BCUT2D eigenvalue weighted by Gasteiger charge is -2.21. The number of alkyl halides is 3. The van der Waals surface area contributed by atoms with Gasteiger partial charge < -0.3 is 9.47 Å². The van der Waals surface area contributed by atoms with Gasteiger partial charge in [-0.3, -0.25) is 4.79 Å². The second kappa shape index (κ2) is 6.88. The van der Waals surface area contributed by atoms with Crippen LogP contribution >= 0.6 is 15.9 Å². The molecule has 0 spiro atoms. The SMILES string of the molecule is C=C1C(=O)C(C)(C)OC1(C)C.Cc1cc(Br)ccc1OC(F)(F)F. The van der Waals surface area contributed by atoms with Crippen LogP contribution in [0.2, 0.25) is 0 Å². The van der Waals surface area contributed by atoms with Crippen LogP contribution in [0.1, 0.15) is 33.3 Å². The zero-order chi connectivity index (χ0) is 18.9. The van der Waals surface area contributed by atoms with Crippen molar-refractivity contribution in [2.75, 3.05) is 0 Å². The van der Waals surface area contributed by atoms with Crippen LogP contribution < -0.4 is 4.74 Å². The van der Waals surface area contributed by atoms with Crippen molar-refractivity contribution in [3.8, 4) is 5.75 Å². The van der Waals surface area contributed by atoms with Gasteiger partial charge in [0.2, 0.25) is 0 Å². The summed E-state index contributed by atoms with van der Waals surface area (Å²) in [6, 6.07) is 4.32. The van der Waals surface area contributed by atoms with Crippen LogP contribution in [0, 0.1) is 6.92 Å². The zero-order valence-corrected chi connectivity index (χ0v) is 15.8. The van der Waals surface area contributed by atoms with Crippen molar-refractivity contribution in [2.45, 2.75) is 52.2 Å². The maximum Gasteiger partial charge on any atom is 0.573 e. The Balaban J connectivity index is 0.000000243. The number of ketones is 1. The van der Waals surface area contributed by atoms with Crippen LogP contribution in [0.4, 0.5) is 13.2 Å². The van der Waals surface area contributed by atoms with E-state index in [0.29, 0.717) is 11.1 Å². The first kappa shape index (κ1) is 20.7. The number of carbonyl (C=O) groups is 1. The predicted octanol–water partition coefficient (Wildman–Crippen LogP) is 5.36. The summed E-state index contributed by atoms with van der Waals surface area (Å²) in [4.78, 5) is 11.4. The minimum absolute atomic E-state index is 0.0162. The fraction of sp³-hybridized carbons (Fsp3) is 0.471. The Morgan fingerprint density at radius 2 is 1.71 bits per heavy atom. The van der Waals surface area contributed by atoms with E-state index in [9.17, 15) is 18.0 Å². The molecule has 1 saturated heterocycles. The Hall–Kier alpha value is -1.34. The standard InChI is InChI=1S/C9H14O2.C8H6BrF3O/c1-6-7(10)9(4,5)11-8(6,2)3;1-5-4-6(9)2-3-7(5)13-8(10,11)12/h1H2,2-5H3;2-4H,1H3. The third kappa shape index (κ3) is 5.34. The molecule has 0 atom stereocenters. The molecule has 0 unspecified atom stereocenters. The highest BCUT2D eigenvalue weighted by atomic mass is 79.9. The van der Waals surface area contributed by atoms with Gasteiger partial charge in [0.05, 0.1) is 5.60 Å². The summed E-state index contributed by atoms with van der Waals surface area (Å²) >= 11 is 3.14. The molecule has 1 aliphatic rings. The molecule has 0 radical (unpaired) electrons. The molecule has 7 heteroatoms. The van der Waals surface area contributed by atoms with Crippen LogP contribution in [0.3, 0.4) is 0 Å². The minimum Gasteiger partial charge on any atom is -0.406 e. The fourth-order valence-corrected chi connectivity index (χ4v) is 2.71. The van der Waals surface area contributed by atoms with Crippen molar-refractivity contribution in [3.05, 3.63) is 40.4 Å². The van der Waals surface area contributed by atoms with Crippen LogP contribution in [0.25, 0.3) is 0 Å². The first-order valence-electron chi connectivity index (χ1n) is 7.12. The number of ether oxygens (including phenoxy) is 2. The molecule has 1 aromatic carbocycles. The zero-order valence-electron chi connectivity index (χ0n) is 14.2. The van der Waals surface area contributed by atoms with E-state index < -0.39 is 17.6 Å². The molecular weight excluding hydrogens is 389 g/mol. The number of halogens is 4. The Morgan fingerprint density at radius 1 is 1.17 bits per heavy atom. The normalized spacial score (nSPS) is 18.9. The predicted molar refractivity (Wildman–Crippen MR) is 89.0 cm³/mol. The van der Waals surface area contributed by atoms with E-state index in [1.54, 1.807) is 26.8 Å². The maximum atomic E-state index is 11.8. The first-order chi connectivity index (χ1) is 10.7. The number of aryl methyl sites for hydroxylation is 1. The second-order valence-corrected chi connectivity index (χ2v) is 7.30. The summed E-state index contributed by atoms with van der Waals surface area (Å²) in [5.74, 6) is -0.154. The molecule has 24 heavy (non-hydrogen) atoms. The molecule has 0 N–H and O–H groups in total. The van der Waals surface area contributed by atoms with Gasteiger partial charge in [-0.1, -0.05) is 22.5 Å². The van der Waals surface area contributed by atoms with Crippen molar-refractivity contribution in [1.29, 1.82) is 0 Å². The number of hydrogen-bond donors (Lipinski definition) is 0. The summed E-state index contributed by atoms with van der Waals surface area (Å²) in [6.45, 7) is 12.5. The Kier molecular flexibility index (Phi) is 5.93. The van der Waals surface area contributed by atoms with Gasteiger partial charge in [-0.05, 0) is 58.4 Å². The van der Waals surface area contributed by atoms with E-state index in [0.717, 1.165) is 4.47 Å². The lowest BCUT2D eigenvalue weighted by Crippen LogP contribution is -2.29. The van der Waals surface area contributed by atoms with Gasteiger partial charge in [0.25, 0.3) is 0 Å². The van der Waals surface area contributed by atoms with Crippen molar-refractivity contribution in [3.63, 3.8) is 0 Å². The Labute approximate surface area is 148 Å². The largest absolute Gasteiger partial charge is 0.573 e. The molecule has 0 aromatic heterocycles. The molecule has 1 aliphatic heterocycles. The highest BCUT2D eigenvalue weighted by Crippen LogP contribution is 2.37. The number of carbonyl (C=O) groups excluding carboxylic acids is 1. The molecule has 1 fully saturated rings. The highest BCUT2D eigenvalue weighted by Gasteiger charge is 2.48. The minimum atomic E-state index is -4.63. The molecule has 0 amide bonds. The van der Waals surface area contributed by atoms with Crippen LogP contribution in [-0.2, 0) is 9.53 Å². The Morgan fingerprint density at radius 3 is 2.00 bits per heavy atom. The smallest absolute Gasteiger partial charge is 0.406 e. The van der Waals surface area contributed by atoms with Crippen molar-refractivity contribution in [1.82, 2.24) is 0 Å². The fourth-order valence-electron chi connectivity index (χ4n) is 2.23. The van der Waals surface area contributed by atoms with E-state index >= 15 is 0 Å². The van der Waals surface area contributed by atoms with E-state index in [-0.39, 0.29) is 11.5 Å². The lowest BCUT2D eigenvalue weighted by atomic mass is 9.94. The molecule has 0 saturated carbocycles. The molecule has 2 rings (SSSR count). The highest BCUT2D eigenvalue weighted by molar-refractivity contribution is 9.10. The van der Waals surface area contributed by atoms with Gasteiger partial charge in [-0.25, -0.2) is 0 Å². The maximum absolute atomic E-state index is 11.8. The Bertz CT molecular complexity index is 625. The molecule has 1 aromatic rings. The average Bonchev–Trinajstić information content (AvgIpc) is 2.51. The summed E-state index contributed by atoms with van der Waals surface area (Å²) in [7, 11) is 0. The summed E-state index contributed by atoms with van der Waals surface area (Å²) in [5, 5.41) is 0. The van der Waals surface area contributed by atoms with Gasteiger partial charge >= 0.3 is 6.36 Å². The molecule has 134 valence electrons. The lowest BCUT2D eigenvalue weighted by molar-refractivity contribution is -0.274. The topological polar surface area (TPSA) is 35.5 Å². The third-order valence-electron chi connectivity index (χ3n) is 3.42. The monoisotopic (exact) mass is 408 g/mol. The van der Waals surface area contributed by atoms with E-state index in [2.05, 4.69) is 27.2 Å². The van der Waals surface area contributed by atoms with Gasteiger partial charge in [0.1, 0.15) is 11.4 Å². The van der Waals surface area contributed by atoms with Crippen LogP contribution in [0.15, 0.2) is 34.8 Å². The number of hydrogen-bond acceptors (Lipinski definition) is 3. The van der Waals surface area contributed by atoms with Crippen molar-refractivity contribution in [2.24, 2.45) is 0 Å². The molecule has 0 bridgehead atoms. The van der Waals surface area contributed by atoms with Gasteiger partial charge in [0, 0.05) is 10.0 Å². The van der Waals surface area contributed by atoms with Gasteiger partial charge in [-0.15, -0.1) is 13.2 Å². The van der Waals surface area contributed by atoms with E-state index in [4.69, 9.17) is 4.74 Å². The van der Waals surface area contributed by atoms with Crippen LogP contribution in [0.5, 0.6) is 5.75 Å². The average molecular weight is 409 g/mol. The van der Waals surface area contributed by atoms with Crippen molar-refractivity contribution < 1.29 is 27.4 Å². The van der Waals surface area contributed by atoms with Gasteiger partial charge in [-0.2, -0.15) is 0 Å². The summed E-state index contributed by atoms with van der Waals surface area (Å²) < 4.78 is 45.4. The summed E-state index contributed by atoms with van der Waals surface area (Å²) in [6.07, 6.45) is -4.63. The first-order valence-corrected chi connectivity index (χ1v) is 7.91. The molecule has 3 nitrogen and oxygen atoms in total. The molecule has 0 aliphatic carbocycles. The number of rotatable bonds is 1. The van der Waals surface area contributed by atoms with Crippen LogP contribution in [-0.4, -0.2) is 23.3 Å². The number of Topliss-reactive ketones (excluding diaryl/α,β-unsaturated/α-hetero) is 1. The molecule has 1 heterocycles. The van der Waals surface area contributed by atoms with E-state index in [1.807, 2.05) is 13.8 Å². The van der Waals surface area contributed by atoms with E-state index in [1.165, 1.54) is 12.1 Å². The molecular formula is C17H20BrF3O3. The van der Waals surface area contributed by atoms with Gasteiger partial charge in [0.15, 0.2) is 5.78 Å². The van der Waals surface area contributed by atoms with Crippen molar-refractivity contribution >= 4 is 21.7 Å². The second-order valence-electron chi connectivity index (χ2n) is 6.39. The summed E-state index contributed by atoms with van der Waals surface area (Å²) in [5.41, 5.74) is -0.157. The quantitative estimate of drug-likeness (QED) is 0.587.